The lowest BCUT2D eigenvalue weighted by Gasteiger charge is -2.03. The van der Waals surface area contributed by atoms with Crippen molar-refractivity contribution in [1.82, 2.24) is 9.97 Å². The number of benzene rings is 2. The molecule has 138 valence electrons. The van der Waals surface area contributed by atoms with Crippen LogP contribution >= 0.6 is 34.4 Å². The van der Waals surface area contributed by atoms with E-state index in [9.17, 15) is 4.79 Å². The summed E-state index contributed by atoms with van der Waals surface area (Å²) in [5, 5.41) is 4.58. The van der Waals surface area contributed by atoms with Crippen LogP contribution in [0.25, 0.3) is 20.4 Å². The molecule has 1 amide bonds. The second-order valence-electron chi connectivity index (χ2n) is 5.83. The number of carbonyl (C=O) groups excluding carboxylic acids is 1. The number of amides is 1. The number of hydrogen-bond acceptors (Lipinski definition) is 7. The first-order valence-corrected chi connectivity index (χ1v) is 11.0. The number of aromatic nitrogens is 2. The number of thioether (sulfide) groups is 1. The quantitative estimate of drug-likeness (QED) is 0.430. The van der Waals surface area contributed by atoms with Crippen LogP contribution in [0.5, 0.6) is 5.75 Å². The summed E-state index contributed by atoms with van der Waals surface area (Å²) in [5.74, 6) is 1.51. The Kier molecular flexibility index (Phi) is 5.29. The van der Waals surface area contributed by atoms with E-state index >= 15 is 0 Å². The number of fused-ring (bicyclic) bond motifs is 3. The lowest BCUT2D eigenvalue weighted by atomic mass is 10.3. The van der Waals surface area contributed by atoms with Crippen LogP contribution in [0, 0.1) is 6.92 Å². The number of ether oxygens (including phenoxy) is 1. The number of methoxy groups -OCH3 is 1. The fraction of sp³-hybridized carbons (Fsp3) is 0.211. The summed E-state index contributed by atoms with van der Waals surface area (Å²) < 4.78 is 7.33. The van der Waals surface area contributed by atoms with Gasteiger partial charge in [0.25, 0.3) is 0 Å². The van der Waals surface area contributed by atoms with Gasteiger partial charge in [0.15, 0.2) is 5.13 Å². The van der Waals surface area contributed by atoms with Crippen molar-refractivity contribution in [3.63, 3.8) is 0 Å². The number of carbonyl (C=O) groups is 1. The molecule has 0 aliphatic carbocycles. The van der Waals surface area contributed by atoms with E-state index in [1.54, 1.807) is 30.2 Å². The van der Waals surface area contributed by atoms with E-state index in [0.29, 0.717) is 17.3 Å². The molecule has 8 heteroatoms. The van der Waals surface area contributed by atoms with E-state index in [-0.39, 0.29) is 5.91 Å². The number of rotatable bonds is 6. The first kappa shape index (κ1) is 18.2. The van der Waals surface area contributed by atoms with Crippen molar-refractivity contribution in [3.05, 3.63) is 41.4 Å². The standard InChI is InChI=1S/C19H17N3O2S3/c1-11-20-17-15(26-11)8-7-14-18(17)27-19(21-14)22-16(23)9-10-25-13-5-3-12(24-2)4-6-13/h3-8H,9-10H2,1-2H3,(H,21,22,23). The van der Waals surface area contributed by atoms with Gasteiger partial charge in [0.1, 0.15) is 11.3 Å². The zero-order valence-corrected chi connectivity index (χ0v) is 17.3. The molecule has 2 aromatic carbocycles. The number of nitrogens with zero attached hydrogens (tertiary/aromatic N) is 2. The van der Waals surface area contributed by atoms with Crippen molar-refractivity contribution in [2.45, 2.75) is 18.2 Å². The average molecular weight is 416 g/mol. The van der Waals surface area contributed by atoms with E-state index in [1.807, 2.05) is 43.3 Å². The molecule has 0 saturated carbocycles. The first-order chi connectivity index (χ1) is 13.1. The van der Waals surface area contributed by atoms with Gasteiger partial charge in [-0.25, -0.2) is 9.97 Å². The lowest BCUT2D eigenvalue weighted by molar-refractivity contribution is -0.115. The molecule has 2 heterocycles. The predicted octanol–water partition coefficient (Wildman–Crippen LogP) is 5.34. The highest BCUT2D eigenvalue weighted by Crippen LogP contribution is 2.34. The SMILES string of the molecule is COc1ccc(SCCC(=O)Nc2nc3ccc4sc(C)nc4c3s2)cc1. The van der Waals surface area contributed by atoms with Crippen molar-refractivity contribution >= 4 is 65.9 Å². The molecular formula is C19H17N3O2S3. The fourth-order valence-electron chi connectivity index (χ4n) is 2.66. The van der Waals surface area contributed by atoms with Crippen LogP contribution < -0.4 is 10.1 Å². The molecule has 0 bridgehead atoms. The molecule has 4 rings (SSSR count). The second kappa shape index (κ2) is 7.84. The Morgan fingerprint density at radius 2 is 1.96 bits per heavy atom. The maximum Gasteiger partial charge on any atom is 0.226 e. The Hall–Kier alpha value is -2.16. The smallest absolute Gasteiger partial charge is 0.226 e. The van der Waals surface area contributed by atoms with Crippen LogP contribution in [0.4, 0.5) is 5.13 Å². The summed E-state index contributed by atoms with van der Waals surface area (Å²) >= 11 is 4.80. The van der Waals surface area contributed by atoms with Gasteiger partial charge in [-0.3, -0.25) is 4.79 Å². The molecule has 5 nitrogen and oxygen atoms in total. The highest BCUT2D eigenvalue weighted by Gasteiger charge is 2.12. The van der Waals surface area contributed by atoms with E-state index in [4.69, 9.17) is 4.74 Å². The minimum atomic E-state index is -0.0271. The van der Waals surface area contributed by atoms with Gasteiger partial charge in [-0.1, -0.05) is 11.3 Å². The van der Waals surface area contributed by atoms with E-state index < -0.39 is 0 Å². The Morgan fingerprint density at radius 1 is 1.15 bits per heavy atom. The van der Waals surface area contributed by atoms with Gasteiger partial charge >= 0.3 is 0 Å². The normalized spacial score (nSPS) is 11.2. The summed E-state index contributed by atoms with van der Waals surface area (Å²) in [6.45, 7) is 2.00. The third kappa shape index (κ3) is 4.07. The Labute approximate surface area is 168 Å². The molecule has 0 aliphatic rings. The van der Waals surface area contributed by atoms with Crippen molar-refractivity contribution in [2.24, 2.45) is 0 Å². The Bertz CT molecular complexity index is 1100. The van der Waals surface area contributed by atoms with Crippen LogP contribution in [0.3, 0.4) is 0 Å². The van der Waals surface area contributed by atoms with Gasteiger partial charge in [0.2, 0.25) is 5.91 Å². The second-order valence-corrected chi connectivity index (χ2v) is 9.24. The highest BCUT2D eigenvalue weighted by atomic mass is 32.2. The monoisotopic (exact) mass is 415 g/mol. The first-order valence-electron chi connectivity index (χ1n) is 8.36. The topological polar surface area (TPSA) is 64.1 Å². The third-order valence-electron chi connectivity index (χ3n) is 3.92. The van der Waals surface area contributed by atoms with E-state index in [2.05, 4.69) is 15.3 Å². The predicted molar refractivity (Wildman–Crippen MR) is 114 cm³/mol. The van der Waals surface area contributed by atoms with Crippen molar-refractivity contribution in [2.75, 3.05) is 18.2 Å². The number of thiazole rings is 2. The summed E-state index contributed by atoms with van der Waals surface area (Å²) in [7, 11) is 1.65. The van der Waals surface area contributed by atoms with Gasteiger partial charge < -0.3 is 10.1 Å². The van der Waals surface area contributed by atoms with Crippen molar-refractivity contribution < 1.29 is 9.53 Å². The van der Waals surface area contributed by atoms with Gasteiger partial charge in [-0.2, -0.15) is 0 Å². The molecule has 0 unspecified atom stereocenters. The third-order valence-corrected chi connectivity index (χ3v) is 6.87. The zero-order chi connectivity index (χ0) is 18.8. The zero-order valence-electron chi connectivity index (χ0n) is 14.8. The fourth-order valence-corrected chi connectivity index (χ4v) is 5.38. The Balaban J connectivity index is 1.38. The Morgan fingerprint density at radius 3 is 2.74 bits per heavy atom. The summed E-state index contributed by atoms with van der Waals surface area (Å²) in [4.78, 5) is 22.5. The number of anilines is 1. The molecule has 4 aromatic rings. The van der Waals surface area contributed by atoms with E-state index in [1.165, 1.54) is 11.3 Å². The molecule has 0 fully saturated rings. The van der Waals surface area contributed by atoms with Crippen molar-refractivity contribution in [3.8, 4) is 5.75 Å². The van der Waals surface area contributed by atoms with Gasteiger partial charge in [0.05, 0.1) is 27.0 Å². The van der Waals surface area contributed by atoms with Gasteiger partial charge in [-0.15, -0.1) is 23.1 Å². The molecule has 0 atom stereocenters. The number of aryl methyl sites for hydroxylation is 1. The molecule has 1 N–H and O–H groups in total. The molecule has 0 radical (unpaired) electrons. The van der Waals surface area contributed by atoms with Crippen LogP contribution in [0.2, 0.25) is 0 Å². The van der Waals surface area contributed by atoms with Crippen LogP contribution in [0.15, 0.2) is 41.3 Å². The molecule has 0 aliphatic heterocycles. The lowest BCUT2D eigenvalue weighted by Crippen LogP contribution is -2.11. The largest absolute Gasteiger partial charge is 0.497 e. The van der Waals surface area contributed by atoms with Crippen molar-refractivity contribution in [1.29, 1.82) is 0 Å². The molecule has 0 saturated heterocycles. The minimum Gasteiger partial charge on any atom is -0.497 e. The highest BCUT2D eigenvalue weighted by molar-refractivity contribution is 7.99. The average Bonchev–Trinajstić information content (AvgIpc) is 3.24. The van der Waals surface area contributed by atoms with Gasteiger partial charge in [-0.05, 0) is 43.3 Å². The molecule has 27 heavy (non-hydrogen) atoms. The van der Waals surface area contributed by atoms with Crippen LogP contribution in [-0.4, -0.2) is 28.7 Å². The summed E-state index contributed by atoms with van der Waals surface area (Å²) in [6.07, 6.45) is 0.428. The molecule has 2 aromatic heterocycles. The summed E-state index contributed by atoms with van der Waals surface area (Å²) in [5.41, 5.74) is 1.85. The molecular weight excluding hydrogens is 398 g/mol. The minimum absolute atomic E-state index is 0.0271. The van der Waals surface area contributed by atoms with Crippen LogP contribution in [0.1, 0.15) is 11.4 Å². The summed E-state index contributed by atoms with van der Waals surface area (Å²) in [6, 6.07) is 11.9. The number of nitrogens with one attached hydrogen (secondary N) is 1. The maximum atomic E-state index is 12.3. The van der Waals surface area contributed by atoms with E-state index in [0.717, 1.165) is 36.1 Å². The number of hydrogen-bond donors (Lipinski definition) is 1. The van der Waals surface area contributed by atoms with Crippen LogP contribution in [-0.2, 0) is 4.79 Å². The molecule has 0 spiro atoms. The van der Waals surface area contributed by atoms with Gasteiger partial charge in [0, 0.05) is 17.1 Å². The maximum absolute atomic E-state index is 12.3.